The van der Waals surface area contributed by atoms with Gasteiger partial charge in [0.05, 0.1) is 25.4 Å². The van der Waals surface area contributed by atoms with E-state index in [9.17, 15) is 19.8 Å². The molecule has 0 radical (unpaired) electrons. The van der Waals surface area contributed by atoms with Crippen LogP contribution in [0.3, 0.4) is 0 Å². The van der Waals surface area contributed by atoms with Gasteiger partial charge in [0.15, 0.2) is 0 Å². The van der Waals surface area contributed by atoms with Crippen LogP contribution in [0.25, 0.3) is 0 Å². The van der Waals surface area contributed by atoms with Crippen molar-refractivity contribution in [2.45, 2.75) is 379 Å². The summed E-state index contributed by atoms with van der Waals surface area (Å²) in [7, 11) is 0. The van der Waals surface area contributed by atoms with Crippen LogP contribution >= 0.6 is 0 Å². The monoisotopic (exact) mass is 1050 g/mol. The summed E-state index contributed by atoms with van der Waals surface area (Å²) in [5.74, 6) is -0.0498. The van der Waals surface area contributed by atoms with E-state index < -0.39 is 12.1 Å². The topological polar surface area (TPSA) is 95.9 Å². The molecule has 442 valence electrons. The van der Waals surface area contributed by atoms with Gasteiger partial charge in [-0.05, 0) is 64.2 Å². The first-order valence-corrected chi connectivity index (χ1v) is 33.8. The van der Waals surface area contributed by atoms with Crippen molar-refractivity contribution in [1.82, 2.24) is 5.32 Å². The smallest absolute Gasteiger partial charge is 0.305 e. The average Bonchev–Trinajstić information content (AvgIpc) is 3.41. The predicted molar refractivity (Wildman–Crippen MR) is 329 cm³/mol. The number of allylic oxidation sites excluding steroid dienone is 5. The minimum absolute atomic E-state index is 0.0155. The first kappa shape index (κ1) is 73.1. The number of unbranched alkanes of at least 4 members (excludes halogenated alkanes) is 48. The molecule has 0 aliphatic carbocycles. The molecule has 6 nitrogen and oxygen atoms in total. The number of amides is 1. The molecule has 0 aliphatic heterocycles. The third kappa shape index (κ3) is 61.2. The van der Waals surface area contributed by atoms with Crippen LogP contribution in [0.2, 0.25) is 0 Å². The van der Waals surface area contributed by atoms with Gasteiger partial charge >= 0.3 is 5.97 Å². The van der Waals surface area contributed by atoms with Crippen molar-refractivity contribution in [3.05, 3.63) is 36.5 Å². The Morgan fingerprint density at radius 1 is 0.373 bits per heavy atom. The molecule has 2 atom stereocenters. The van der Waals surface area contributed by atoms with Crippen LogP contribution in [0.4, 0.5) is 0 Å². The summed E-state index contributed by atoms with van der Waals surface area (Å²) in [6, 6.07) is -0.623. The van der Waals surface area contributed by atoms with E-state index >= 15 is 0 Å². The van der Waals surface area contributed by atoms with E-state index in [-0.39, 0.29) is 18.5 Å². The minimum Gasteiger partial charge on any atom is -0.466 e. The van der Waals surface area contributed by atoms with Crippen molar-refractivity contribution in [1.29, 1.82) is 0 Å². The molecule has 3 N–H and O–H groups in total. The van der Waals surface area contributed by atoms with E-state index in [1.54, 1.807) is 6.08 Å². The summed E-state index contributed by atoms with van der Waals surface area (Å²) in [5.41, 5.74) is 0. The van der Waals surface area contributed by atoms with Crippen LogP contribution in [-0.2, 0) is 14.3 Å². The molecule has 0 fully saturated rings. The van der Waals surface area contributed by atoms with Gasteiger partial charge in [0.1, 0.15) is 0 Å². The van der Waals surface area contributed by atoms with Gasteiger partial charge in [0, 0.05) is 12.8 Å². The van der Waals surface area contributed by atoms with Gasteiger partial charge in [0.25, 0.3) is 0 Å². The Labute approximate surface area is 468 Å². The lowest BCUT2D eigenvalue weighted by molar-refractivity contribution is -0.143. The van der Waals surface area contributed by atoms with Crippen LogP contribution in [0.15, 0.2) is 36.5 Å². The van der Waals surface area contributed by atoms with Gasteiger partial charge in [-0.3, -0.25) is 9.59 Å². The van der Waals surface area contributed by atoms with E-state index in [1.807, 2.05) is 6.08 Å². The maximum absolute atomic E-state index is 12.4. The molecule has 0 aromatic rings. The van der Waals surface area contributed by atoms with Gasteiger partial charge in [-0.15, -0.1) is 0 Å². The highest BCUT2D eigenvalue weighted by atomic mass is 16.5. The fourth-order valence-corrected chi connectivity index (χ4v) is 10.5. The number of hydrogen-bond donors (Lipinski definition) is 3. The Morgan fingerprint density at radius 3 is 1.04 bits per heavy atom. The number of carbonyl (C=O) groups excluding carboxylic acids is 2. The molecule has 2 unspecified atom stereocenters. The van der Waals surface area contributed by atoms with Crippen LogP contribution in [0.5, 0.6) is 0 Å². The third-order valence-corrected chi connectivity index (χ3v) is 15.7. The van der Waals surface area contributed by atoms with E-state index in [2.05, 4.69) is 43.5 Å². The SMILES string of the molecule is CCCCC/C=C\C/C=C\CCCCCCCCCCCC(=O)OCCCCCCCCCCCCCCCCCCCCCCCCCCCCCCCC(=O)NC(CO)C(O)/C=C/CCCCCCCCCC. The molecule has 0 bridgehead atoms. The summed E-state index contributed by atoms with van der Waals surface area (Å²) < 4.78 is 5.51. The highest BCUT2D eigenvalue weighted by molar-refractivity contribution is 5.76. The molecule has 0 aromatic heterocycles. The molecular formula is C69H131NO5. The van der Waals surface area contributed by atoms with E-state index in [0.29, 0.717) is 19.4 Å². The molecular weight excluding hydrogens is 923 g/mol. The minimum atomic E-state index is -0.840. The van der Waals surface area contributed by atoms with Gasteiger partial charge in [-0.1, -0.05) is 326 Å². The summed E-state index contributed by atoms with van der Waals surface area (Å²) in [6.45, 7) is 4.88. The van der Waals surface area contributed by atoms with Crippen molar-refractivity contribution in [3.63, 3.8) is 0 Å². The van der Waals surface area contributed by atoms with E-state index in [0.717, 1.165) is 51.4 Å². The second kappa shape index (κ2) is 64.6. The lowest BCUT2D eigenvalue weighted by Crippen LogP contribution is -2.45. The van der Waals surface area contributed by atoms with Crippen LogP contribution in [-0.4, -0.2) is 47.4 Å². The van der Waals surface area contributed by atoms with Crippen LogP contribution in [0.1, 0.15) is 367 Å². The zero-order valence-corrected chi connectivity index (χ0v) is 50.5. The summed E-state index contributed by atoms with van der Waals surface area (Å²) in [5, 5.41) is 23.0. The molecule has 0 saturated carbocycles. The first-order valence-electron chi connectivity index (χ1n) is 33.8. The van der Waals surface area contributed by atoms with Gasteiger partial charge in [-0.2, -0.15) is 0 Å². The molecule has 0 rings (SSSR count). The van der Waals surface area contributed by atoms with Gasteiger partial charge in [-0.25, -0.2) is 0 Å². The number of rotatable bonds is 63. The second-order valence-corrected chi connectivity index (χ2v) is 23.2. The number of aliphatic hydroxyl groups is 2. The fourth-order valence-electron chi connectivity index (χ4n) is 10.5. The summed E-state index contributed by atoms with van der Waals surface area (Å²) >= 11 is 0. The van der Waals surface area contributed by atoms with Crippen LogP contribution < -0.4 is 5.32 Å². The van der Waals surface area contributed by atoms with Crippen LogP contribution in [0, 0.1) is 0 Å². The maximum atomic E-state index is 12.4. The molecule has 0 aromatic carbocycles. The van der Waals surface area contributed by atoms with Gasteiger partial charge in [0.2, 0.25) is 5.91 Å². The Morgan fingerprint density at radius 2 is 0.667 bits per heavy atom. The largest absolute Gasteiger partial charge is 0.466 e. The normalized spacial score (nSPS) is 12.7. The van der Waals surface area contributed by atoms with Crippen molar-refractivity contribution >= 4 is 11.9 Å². The van der Waals surface area contributed by atoms with E-state index in [1.165, 1.54) is 289 Å². The number of ether oxygens (including phenoxy) is 1. The Bertz CT molecular complexity index is 1210. The number of hydrogen-bond acceptors (Lipinski definition) is 5. The van der Waals surface area contributed by atoms with Crippen molar-refractivity contribution in [3.8, 4) is 0 Å². The standard InChI is InChI=1S/C69H131NO5/c1-3-5-7-9-11-13-15-16-17-18-30-34-37-40-43-47-51-55-59-63-69(74)75-64-60-56-52-48-44-41-38-35-32-29-27-25-23-21-19-20-22-24-26-28-31-33-36-39-42-46-50-54-58-62-68(73)70-66(65-71)67(72)61-57-53-49-45-14-12-10-8-6-4-2/h11,13,16-17,57,61,66-67,71-72H,3-10,12,14-15,18-56,58-60,62-65H2,1-2H3,(H,70,73)/b13-11-,17-16-,61-57+. The highest BCUT2D eigenvalue weighted by Gasteiger charge is 2.18. The number of carbonyl (C=O) groups is 2. The number of nitrogens with one attached hydrogen (secondary N) is 1. The van der Waals surface area contributed by atoms with Crippen molar-refractivity contribution in [2.75, 3.05) is 13.2 Å². The lowest BCUT2D eigenvalue weighted by Gasteiger charge is -2.20. The number of esters is 1. The molecule has 1 amide bonds. The number of aliphatic hydroxyl groups excluding tert-OH is 2. The molecule has 0 heterocycles. The molecule has 0 saturated heterocycles. The predicted octanol–water partition coefficient (Wildman–Crippen LogP) is 21.5. The maximum Gasteiger partial charge on any atom is 0.305 e. The zero-order chi connectivity index (χ0) is 54.3. The Hall–Kier alpha value is -1.92. The third-order valence-electron chi connectivity index (χ3n) is 15.7. The molecule has 6 heteroatoms. The first-order chi connectivity index (χ1) is 37.0. The lowest BCUT2D eigenvalue weighted by atomic mass is 10.0. The molecule has 0 aliphatic rings. The van der Waals surface area contributed by atoms with Crippen molar-refractivity contribution < 1.29 is 24.5 Å². The molecule has 75 heavy (non-hydrogen) atoms. The molecule has 0 spiro atoms. The fraction of sp³-hybridized carbons (Fsp3) is 0.884. The average molecular weight is 1050 g/mol. The second-order valence-electron chi connectivity index (χ2n) is 23.2. The van der Waals surface area contributed by atoms with Gasteiger partial charge < -0.3 is 20.3 Å². The Balaban J connectivity index is 3.31. The summed E-state index contributed by atoms with van der Waals surface area (Å²) in [6.07, 6.45) is 82.2. The summed E-state index contributed by atoms with van der Waals surface area (Å²) in [4.78, 5) is 24.5. The highest BCUT2D eigenvalue weighted by Crippen LogP contribution is 2.18. The van der Waals surface area contributed by atoms with Crippen molar-refractivity contribution in [2.24, 2.45) is 0 Å². The Kier molecular flexibility index (Phi) is 63.0. The van der Waals surface area contributed by atoms with E-state index in [4.69, 9.17) is 4.74 Å². The quantitative estimate of drug-likeness (QED) is 0.0320. The zero-order valence-electron chi connectivity index (χ0n) is 50.5.